The maximum Gasteiger partial charge on any atom is 0.324 e. The summed E-state index contributed by atoms with van der Waals surface area (Å²) in [5.74, 6) is 0.211. The van der Waals surface area contributed by atoms with Crippen molar-refractivity contribution in [2.45, 2.75) is 97.4 Å². The highest BCUT2D eigenvalue weighted by atomic mass is 16.2. The van der Waals surface area contributed by atoms with E-state index < -0.39 is 0 Å². The van der Waals surface area contributed by atoms with E-state index in [2.05, 4.69) is 31.4 Å². The Morgan fingerprint density at radius 3 is 2.35 bits per heavy atom. The molecule has 176 valence electrons. The zero-order valence-electron chi connectivity index (χ0n) is 19.8. The van der Waals surface area contributed by atoms with Crippen molar-refractivity contribution < 1.29 is 14.4 Å². The number of carbonyl (C=O) groups is 3. The van der Waals surface area contributed by atoms with Crippen LogP contribution >= 0.6 is 0 Å². The van der Waals surface area contributed by atoms with Crippen LogP contribution in [0.1, 0.15) is 91.4 Å². The van der Waals surface area contributed by atoms with E-state index in [1.54, 1.807) is 0 Å². The van der Waals surface area contributed by atoms with E-state index in [1.165, 1.54) is 4.90 Å². The predicted molar refractivity (Wildman–Crippen MR) is 121 cm³/mol. The molecule has 1 aliphatic carbocycles. The lowest BCUT2D eigenvalue weighted by Crippen LogP contribution is -2.53. The first-order chi connectivity index (χ1) is 14.7. The summed E-state index contributed by atoms with van der Waals surface area (Å²) in [7, 11) is 0. The van der Waals surface area contributed by atoms with Gasteiger partial charge in [-0.2, -0.15) is 0 Å². The molecule has 1 saturated carbocycles. The van der Waals surface area contributed by atoms with Gasteiger partial charge in [-0.3, -0.25) is 19.8 Å². The Morgan fingerprint density at radius 1 is 0.935 bits per heavy atom. The molecule has 0 bridgehead atoms. The van der Waals surface area contributed by atoms with Crippen LogP contribution in [0.25, 0.3) is 0 Å². The van der Waals surface area contributed by atoms with E-state index in [0.29, 0.717) is 38.6 Å². The third-order valence-corrected chi connectivity index (χ3v) is 7.17. The fourth-order valence-electron chi connectivity index (χ4n) is 5.94. The first-order valence-corrected chi connectivity index (χ1v) is 12.3. The van der Waals surface area contributed by atoms with E-state index in [1.807, 2.05) is 4.90 Å². The Morgan fingerprint density at radius 2 is 1.61 bits per heavy atom. The maximum atomic E-state index is 12.7. The highest BCUT2D eigenvalue weighted by Gasteiger charge is 2.41. The van der Waals surface area contributed by atoms with Gasteiger partial charge in [-0.1, -0.05) is 33.6 Å². The van der Waals surface area contributed by atoms with Crippen LogP contribution in [0.3, 0.4) is 0 Å². The third-order valence-electron chi connectivity index (χ3n) is 7.17. The normalized spacial score (nSPS) is 30.0. The summed E-state index contributed by atoms with van der Waals surface area (Å²) in [6.45, 7) is 9.38. The standard InChI is InChI=1S/C24H42N4O3/c1-23(2)14-19(26-18-27-12-8-4-6-10-20(27)29)15-24(3,16-23)17-25-22(31)28-13-9-5-7-11-21(28)30/h19,26H,4-18H2,1-3H3,(H,25,31). The van der Waals surface area contributed by atoms with E-state index in [9.17, 15) is 14.4 Å². The first kappa shape index (κ1) is 24.0. The van der Waals surface area contributed by atoms with Crippen molar-refractivity contribution in [1.82, 2.24) is 20.4 Å². The fourth-order valence-corrected chi connectivity index (χ4v) is 5.94. The number of nitrogens with one attached hydrogen (secondary N) is 2. The lowest BCUT2D eigenvalue weighted by atomic mass is 9.62. The largest absolute Gasteiger partial charge is 0.337 e. The summed E-state index contributed by atoms with van der Waals surface area (Å²) in [4.78, 5) is 40.7. The highest BCUT2D eigenvalue weighted by Crippen LogP contribution is 2.45. The number of likely N-dealkylation sites (tertiary alicyclic amines) is 2. The van der Waals surface area contributed by atoms with Crippen LogP contribution in [0, 0.1) is 10.8 Å². The number of rotatable bonds is 5. The number of hydrogen-bond donors (Lipinski definition) is 2. The zero-order chi connectivity index (χ0) is 22.5. The molecule has 7 nitrogen and oxygen atoms in total. The molecule has 2 aliphatic heterocycles. The lowest BCUT2D eigenvalue weighted by Gasteiger charge is -2.47. The summed E-state index contributed by atoms with van der Waals surface area (Å²) in [6, 6.07) is 0.0673. The van der Waals surface area contributed by atoms with Gasteiger partial charge in [-0.15, -0.1) is 0 Å². The molecular weight excluding hydrogens is 392 g/mol. The van der Waals surface area contributed by atoms with Crippen LogP contribution in [0.5, 0.6) is 0 Å². The van der Waals surface area contributed by atoms with Crippen LogP contribution in [-0.4, -0.2) is 60.0 Å². The molecule has 2 saturated heterocycles. The average Bonchev–Trinajstić information content (AvgIpc) is 3.03. The van der Waals surface area contributed by atoms with Crippen LogP contribution in [0.15, 0.2) is 0 Å². The average molecular weight is 435 g/mol. The summed E-state index contributed by atoms with van der Waals surface area (Å²) in [5.41, 5.74) is 0.101. The Labute approximate surface area is 187 Å². The molecule has 0 radical (unpaired) electrons. The van der Waals surface area contributed by atoms with Gasteiger partial charge < -0.3 is 10.2 Å². The number of nitrogens with zero attached hydrogens (tertiary/aromatic N) is 2. The highest BCUT2D eigenvalue weighted by molar-refractivity contribution is 5.94. The summed E-state index contributed by atoms with van der Waals surface area (Å²) in [5, 5.41) is 6.73. The van der Waals surface area contributed by atoms with Crippen molar-refractivity contribution in [3.05, 3.63) is 0 Å². The molecule has 2 atom stereocenters. The van der Waals surface area contributed by atoms with Gasteiger partial charge in [-0.05, 0) is 55.8 Å². The quantitative estimate of drug-likeness (QED) is 0.692. The summed E-state index contributed by atoms with van der Waals surface area (Å²) >= 11 is 0. The molecule has 0 aromatic carbocycles. The van der Waals surface area contributed by atoms with Gasteiger partial charge >= 0.3 is 6.03 Å². The second kappa shape index (κ2) is 10.3. The van der Waals surface area contributed by atoms with Gasteiger partial charge in [0, 0.05) is 38.5 Å². The van der Waals surface area contributed by atoms with Crippen LogP contribution < -0.4 is 10.6 Å². The second-order valence-electron chi connectivity index (χ2n) is 11.1. The Kier molecular flexibility index (Phi) is 8.00. The molecule has 4 amide bonds. The Hall–Kier alpha value is -1.63. The van der Waals surface area contributed by atoms with Crippen molar-refractivity contribution in [2.24, 2.45) is 10.8 Å². The molecule has 31 heavy (non-hydrogen) atoms. The smallest absolute Gasteiger partial charge is 0.324 e. The van der Waals surface area contributed by atoms with Crippen molar-refractivity contribution in [1.29, 1.82) is 0 Å². The minimum absolute atomic E-state index is 0.0488. The number of carbonyl (C=O) groups excluding carboxylic acids is 3. The summed E-state index contributed by atoms with van der Waals surface area (Å²) < 4.78 is 0. The zero-order valence-corrected chi connectivity index (χ0v) is 19.8. The molecule has 2 heterocycles. The van der Waals surface area contributed by atoms with Gasteiger partial charge in [0.15, 0.2) is 0 Å². The molecule has 3 fully saturated rings. The molecule has 0 aromatic rings. The monoisotopic (exact) mass is 434 g/mol. The molecule has 7 heteroatoms. The minimum Gasteiger partial charge on any atom is -0.337 e. The van der Waals surface area contributed by atoms with Gasteiger partial charge in [0.1, 0.15) is 0 Å². The third kappa shape index (κ3) is 6.93. The topological polar surface area (TPSA) is 81.8 Å². The van der Waals surface area contributed by atoms with Crippen molar-refractivity contribution in [2.75, 3.05) is 26.3 Å². The van der Waals surface area contributed by atoms with Gasteiger partial charge in [0.05, 0.1) is 6.67 Å². The molecule has 2 N–H and O–H groups in total. The molecule has 0 aromatic heterocycles. The molecule has 3 rings (SSSR count). The first-order valence-electron chi connectivity index (χ1n) is 12.3. The number of urea groups is 1. The van der Waals surface area contributed by atoms with Gasteiger partial charge in [0.2, 0.25) is 11.8 Å². The van der Waals surface area contributed by atoms with Gasteiger partial charge in [0.25, 0.3) is 0 Å². The van der Waals surface area contributed by atoms with E-state index in [-0.39, 0.29) is 28.7 Å². The lowest BCUT2D eigenvalue weighted by molar-refractivity contribution is -0.131. The van der Waals surface area contributed by atoms with Crippen LogP contribution in [-0.2, 0) is 9.59 Å². The SMILES string of the molecule is CC1(C)CC(NCN2CCCCCC2=O)CC(C)(CNC(=O)N2CCCCCC2=O)C1. The molecule has 2 unspecified atom stereocenters. The number of amides is 4. The van der Waals surface area contributed by atoms with E-state index in [4.69, 9.17) is 0 Å². The van der Waals surface area contributed by atoms with Crippen LogP contribution in [0.4, 0.5) is 4.79 Å². The predicted octanol–water partition coefficient (Wildman–Crippen LogP) is 3.63. The summed E-state index contributed by atoms with van der Waals surface area (Å²) in [6.07, 6.45) is 10.2. The molecule has 0 spiro atoms. The van der Waals surface area contributed by atoms with Crippen molar-refractivity contribution in [3.8, 4) is 0 Å². The van der Waals surface area contributed by atoms with Crippen molar-refractivity contribution >= 4 is 17.8 Å². The maximum absolute atomic E-state index is 12.7. The number of hydrogen-bond acceptors (Lipinski definition) is 4. The van der Waals surface area contributed by atoms with Crippen molar-refractivity contribution in [3.63, 3.8) is 0 Å². The minimum atomic E-state index is -0.240. The Bertz CT molecular complexity index is 665. The molecular formula is C24H42N4O3. The van der Waals surface area contributed by atoms with E-state index >= 15 is 0 Å². The fraction of sp³-hybridized carbons (Fsp3) is 0.875. The molecule has 3 aliphatic rings. The van der Waals surface area contributed by atoms with E-state index in [0.717, 1.165) is 64.3 Å². The Balaban J connectivity index is 1.55. The van der Waals surface area contributed by atoms with Crippen LogP contribution in [0.2, 0.25) is 0 Å². The van der Waals surface area contributed by atoms with Gasteiger partial charge in [-0.25, -0.2) is 4.79 Å². The second-order valence-corrected chi connectivity index (χ2v) is 11.1. The number of imide groups is 1.